The predicted molar refractivity (Wildman–Crippen MR) is 68.6 cm³/mol. The number of fused-ring (bicyclic) bond motifs is 1. The number of hydrogen-bond acceptors (Lipinski definition) is 1. The van der Waals surface area contributed by atoms with E-state index < -0.39 is 0 Å². The molecule has 1 N–H and O–H groups in total. The molecule has 0 aromatic heterocycles. The number of hydrogen-bond donors (Lipinski definition) is 1. The van der Waals surface area contributed by atoms with Crippen molar-refractivity contribution in [2.24, 2.45) is 0 Å². The summed E-state index contributed by atoms with van der Waals surface area (Å²) in [5.74, 6) is 0.686. The minimum Gasteiger partial charge on any atom is -1.00 e. The molecule has 0 amide bonds. The zero-order valence-corrected chi connectivity index (χ0v) is 14.6. The standard InChI is InChI=1S/C15H19N.2ClH.Ti/c1-5-12-13-9-7-6-8-11(13)10-14(12)16-15(2,3)4;;;/h5-10,12,16H,1H2,2-4H3;2*1H;/q;;;+2/p-2. The van der Waals surface area contributed by atoms with E-state index in [1.807, 2.05) is 0 Å². The Balaban J connectivity index is 0.000000902. The Hall–Kier alpha value is 0.0543. The summed E-state index contributed by atoms with van der Waals surface area (Å²) in [6.45, 7) is 6.74. The maximum absolute atomic E-state index is 3.72. The van der Waals surface area contributed by atoms with Crippen LogP contribution < -0.4 is 30.1 Å². The maximum atomic E-state index is 3.72. The molecule has 1 aromatic rings. The molecule has 2 atom stereocenters. The largest absolute Gasteiger partial charge is 1.00 e. The Bertz CT molecular complexity index is 475. The summed E-state index contributed by atoms with van der Waals surface area (Å²) in [5.41, 5.74) is 4.62. The van der Waals surface area contributed by atoms with Crippen molar-refractivity contribution in [3.63, 3.8) is 0 Å². The molecule has 1 heterocycles. The maximum Gasteiger partial charge on any atom is -1.00 e. The molecule has 3 rings (SSSR count). The summed E-state index contributed by atoms with van der Waals surface area (Å²) in [5, 5.41) is 3.72. The molecular formula is C15H19Cl2NTi. The summed E-state index contributed by atoms with van der Waals surface area (Å²) in [4.78, 5) is 0. The van der Waals surface area contributed by atoms with Crippen molar-refractivity contribution in [1.29, 1.82) is 0 Å². The molecule has 0 spiro atoms. The van der Waals surface area contributed by atoms with Gasteiger partial charge in [0.2, 0.25) is 0 Å². The molecule has 102 valence electrons. The SMILES string of the molecule is CC(C)(C)NC1=Cc2ccccc2C1[CH]1[CH2][Ti+2]1.[Cl-].[Cl-]. The molecule has 1 nitrogen and oxygen atoms in total. The third-order valence-electron chi connectivity index (χ3n) is 3.34. The Kier molecular flexibility index (Phi) is 5.60. The molecule has 1 aromatic carbocycles. The van der Waals surface area contributed by atoms with Gasteiger partial charge in [0.25, 0.3) is 0 Å². The quantitative estimate of drug-likeness (QED) is 0.608. The van der Waals surface area contributed by atoms with Crippen LogP contribution in [0.2, 0.25) is 8.95 Å². The normalized spacial score (nSPS) is 22.8. The Morgan fingerprint density at radius 3 is 2.37 bits per heavy atom. The van der Waals surface area contributed by atoms with Crippen LogP contribution in [0.1, 0.15) is 37.8 Å². The van der Waals surface area contributed by atoms with E-state index in [4.69, 9.17) is 0 Å². The van der Waals surface area contributed by atoms with Crippen LogP contribution in [-0.4, -0.2) is 5.54 Å². The molecule has 4 heteroatoms. The van der Waals surface area contributed by atoms with E-state index in [1.165, 1.54) is 16.0 Å². The molecule has 1 fully saturated rings. The van der Waals surface area contributed by atoms with Gasteiger partial charge in [0.05, 0.1) is 0 Å². The Morgan fingerprint density at radius 1 is 1.16 bits per heavy atom. The second kappa shape index (κ2) is 6.22. The van der Waals surface area contributed by atoms with Crippen molar-refractivity contribution in [3.8, 4) is 0 Å². The van der Waals surface area contributed by atoms with Crippen LogP contribution in [0, 0.1) is 0 Å². The number of halogens is 2. The first-order chi connectivity index (χ1) is 8.04. The molecular weight excluding hydrogens is 313 g/mol. The fourth-order valence-corrected chi connectivity index (χ4v) is 4.14. The third kappa shape index (κ3) is 3.79. The summed E-state index contributed by atoms with van der Waals surface area (Å²) >= 11 is 0.360. The average molecular weight is 332 g/mol. The molecule has 1 saturated heterocycles. The van der Waals surface area contributed by atoms with Crippen LogP contribution in [0.5, 0.6) is 0 Å². The summed E-state index contributed by atoms with van der Waals surface area (Å²) < 4.78 is 2.52. The molecule has 1 aliphatic heterocycles. The molecule has 2 unspecified atom stereocenters. The van der Waals surface area contributed by atoms with Gasteiger partial charge < -0.3 is 24.8 Å². The van der Waals surface area contributed by atoms with E-state index in [1.54, 1.807) is 5.56 Å². The van der Waals surface area contributed by atoms with E-state index in [-0.39, 0.29) is 30.4 Å². The van der Waals surface area contributed by atoms with Crippen LogP contribution in [0.3, 0.4) is 0 Å². The van der Waals surface area contributed by atoms with Crippen molar-refractivity contribution in [2.75, 3.05) is 0 Å². The van der Waals surface area contributed by atoms with Gasteiger partial charge in [-0.3, -0.25) is 0 Å². The zero-order valence-electron chi connectivity index (χ0n) is 11.5. The minimum atomic E-state index is 0. The van der Waals surface area contributed by atoms with Crippen molar-refractivity contribution >= 4 is 6.08 Å². The second-order valence-corrected chi connectivity index (χ2v) is 8.53. The van der Waals surface area contributed by atoms with Crippen LogP contribution in [0.25, 0.3) is 6.08 Å². The van der Waals surface area contributed by atoms with Crippen LogP contribution in [-0.2, 0) is 19.2 Å². The number of benzene rings is 1. The fraction of sp³-hybridized carbons (Fsp3) is 0.467. The topological polar surface area (TPSA) is 12.0 Å². The summed E-state index contributed by atoms with van der Waals surface area (Å²) in [6.07, 6.45) is 2.37. The molecule has 2 aliphatic rings. The molecule has 1 aliphatic carbocycles. The Morgan fingerprint density at radius 2 is 1.79 bits per heavy atom. The van der Waals surface area contributed by atoms with Gasteiger partial charge in [-0.25, -0.2) is 0 Å². The summed E-state index contributed by atoms with van der Waals surface area (Å²) in [7, 11) is 0. The summed E-state index contributed by atoms with van der Waals surface area (Å²) in [6, 6.07) is 8.90. The third-order valence-corrected chi connectivity index (χ3v) is 5.23. The molecule has 0 radical (unpaired) electrons. The van der Waals surface area contributed by atoms with Crippen LogP contribution in [0.15, 0.2) is 30.0 Å². The average Bonchev–Trinajstić information content (AvgIpc) is 2.98. The van der Waals surface area contributed by atoms with E-state index in [9.17, 15) is 0 Å². The zero-order chi connectivity index (χ0) is 12.0. The van der Waals surface area contributed by atoms with Crippen molar-refractivity contribution in [1.82, 2.24) is 5.32 Å². The fourth-order valence-electron chi connectivity index (χ4n) is 2.63. The van der Waals surface area contributed by atoms with Gasteiger partial charge in [0.15, 0.2) is 0 Å². The molecule has 19 heavy (non-hydrogen) atoms. The van der Waals surface area contributed by atoms with Crippen LogP contribution in [0.4, 0.5) is 0 Å². The van der Waals surface area contributed by atoms with Gasteiger partial charge in [0.1, 0.15) is 0 Å². The van der Waals surface area contributed by atoms with Gasteiger partial charge in [-0.1, -0.05) is 0 Å². The first kappa shape index (κ1) is 17.1. The first-order valence-corrected chi connectivity index (χ1v) is 8.37. The van der Waals surface area contributed by atoms with Crippen molar-refractivity contribution < 1.29 is 44.0 Å². The first-order valence-electron chi connectivity index (χ1n) is 6.37. The number of allylic oxidation sites excluding steroid dienone is 1. The van der Waals surface area contributed by atoms with Gasteiger partial charge in [-0.2, -0.15) is 0 Å². The van der Waals surface area contributed by atoms with E-state index >= 15 is 0 Å². The minimum absolute atomic E-state index is 0. The molecule has 0 bridgehead atoms. The monoisotopic (exact) mass is 331 g/mol. The van der Waals surface area contributed by atoms with E-state index in [0.29, 0.717) is 25.1 Å². The second-order valence-electron chi connectivity index (χ2n) is 6.10. The van der Waals surface area contributed by atoms with Gasteiger partial charge >= 0.3 is 113 Å². The molecule has 0 saturated carbocycles. The number of rotatable bonds is 2. The van der Waals surface area contributed by atoms with Crippen molar-refractivity contribution in [2.45, 2.75) is 41.2 Å². The predicted octanol–water partition coefficient (Wildman–Crippen LogP) is -2.18. The van der Waals surface area contributed by atoms with E-state index in [0.717, 1.165) is 4.22 Å². The van der Waals surface area contributed by atoms with Gasteiger partial charge in [0, 0.05) is 0 Å². The Labute approximate surface area is 137 Å². The smallest absolute Gasteiger partial charge is 1.00 e. The van der Waals surface area contributed by atoms with Gasteiger partial charge in [-0.15, -0.1) is 0 Å². The number of nitrogens with one attached hydrogen (secondary N) is 1. The van der Waals surface area contributed by atoms with E-state index in [2.05, 4.69) is 56.4 Å². The van der Waals surface area contributed by atoms with Crippen molar-refractivity contribution in [3.05, 3.63) is 41.1 Å². The van der Waals surface area contributed by atoms with Crippen LogP contribution >= 0.6 is 0 Å². The van der Waals surface area contributed by atoms with Gasteiger partial charge in [-0.05, 0) is 0 Å².